The van der Waals surface area contributed by atoms with Gasteiger partial charge in [0, 0.05) is 18.8 Å². The van der Waals surface area contributed by atoms with Gasteiger partial charge in [-0.05, 0) is 42.3 Å². The van der Waals surface area contributed by atoms with E-state index in [9.17, 15) is 14.0 Å². The maximum absolute atomic E-state index is 12.9. The number of benzene rings is 2. The zero-order valence-corrected chi connectivity index (χ0v) is 17.8. The molecule has 162 valence electrons. The van der Waals surface area contributed by atoms with E-state index in [0.29, 0.717) is 38.7 Å². The van der Waals surface area contributed by atoms with Gasteiger partial charge in [0.05, 0.1) is 31.3 Å². The van der Waals surface area contributed by atoms with Gasteiger partial charge >= 0.3 is 0 Å². The van der Waals surface area contributed by atoms with E-state index in [0.717, 1.165) is 11.1 Å². The number of carbonyl (C=O) groups is 2. The van der Waals surface area contributed by atoms with Gasteiger partial charge in [-0.15, -0.1) is 11.8 Å². The highest BCUT2D eigenvalue weighted by molar-refractivity contribution is 8.00. The van der Waals surface area contributed by atoms with Crippen LogP contribution in [0.1, 0.15) is 18.1 Å². The lowest BCUT2D eigenvalue weighted by atomic mass is 10.1. The second-order valence-electron chi connectivity index (χ2n) is 6.39. The predicted octanol–water partition coefficient (Wildman–Crippen LogP) is 3.37. The summed E-state index contributed by atoms with van der Waals surface area (Å²) in [6.45, 7) is 4.64. The summed E-state index contributed by atoms with van der Waals surface area (Å²) < 4.78 is 23.6. The van der Waals surface area contributed by atoms with Crippen molar-refractivity contribution in [3.8, 4) is 0 Å². The fourth-order valence-corrected chi connectivity index (χ4v) is 3.15. The van der Waals surface area contributed by atoms with Gasteiger partial charge in [-0.1, -0.05) is 24.3 Å². The SMILES string of the molecule is CCOCCOCc1cccc(CNC(=O)CSCC(=O)Nc2ccc(F)cc2)c1. The van der Waals surface area contributed by atoms with Gasteiger partial charge in [0.1, 0.15) is 5.82 Å². The summed E-state index contributed by atoms with van der Waals surface area (Å²) >= 11 is 1.22. The van der Waals surface area contributed by atoms with E-state index in [1.54, 1.807) is 0 Å². The maximum atomic E-state index is 12.9. The van der Waals surface area contributed by atoms with Crippen molar-refractivity contribution < 1.29 is 23.5 Å². The summed E-state index contributed by atoms with van der Waals surface area (Å²) in [7, 11) is 0. The van der Waals surface area contributed by atoms with Gasteiger partial charge in [0.2, 0.25) is 11.8 Å². The highest BCUT2D eigenvalue weighted by Gasteiger charge is 2.07. The van der Waals surface area contributed by atoms with Gasteiger partial charge in [-0.3, -0.25) is 9.59 Å². The van der Waals surface area contributed by atoms with Crippen LogP contribution in [0.2, 0.25) is 0 Å². The van der Waals surface area contributed by atoms with Gasteiger partial charge in [-0.2, -0.15) is 0 Å². The average Bonchev–Trinajstić information content (AvgIpc) is 2.74. The summed E-state index contributed by atoms with van der Waals surface area (Å²) in [5.74, 6) is -0.431. The molecule has 0 aromatic heterocycles. The van der Waals surface area contributed by atoms with Crippen LogP contribution in [0.3, 0.4) is 0 Å². The molecule has 0 fully saturated rings. The fourth-order valence-electron chi connectivity index (χ4n) is 2.50. The Labute approximate surface area is 180 Å². The third-order valence-electron chi connectivity index (χ3n) is 3.92. The Balaban J connectivity index is 1.62. The van der Waals surface area contributed by atoms with Crippen molar-refractivity contribution in [1.29, 1.82) is 0 Å². The lowest BCUT2D eigenvalue weighted by molar-refractivity contribution is -0.118. The zero-order valence-electron chi connectivity index (χ0n) is 17.0. The molecular weight excluding hydrogens is 407 g/mol. The molecule has 2 N–H and O–H groups in total. The predicted molar refractivity (Wildman–Crippen MR) is 117 cm³/mol. The van der Waals surface area contributed by atoms with E-state index < -0.39 is 0 Å². The molecule has 0 aliphatic rings. The molecule has 2 aromatic rings. The number of rotatable bonds is 13. The summed E-state index contributed by atoms with van der Waals surface area (Å²) in [4.78, 5) is 23.9. The molecule has 2 aromatic carbocycles. The van der Waals surface area contributed by atoms with E-state index in [4.69, 9.17) is 9.47 Å². The molecule has 0 spiro atoms. The molecule has 0 unspecified atom stereocenters. The number of carbonyl (C=O) groups excluding carboxylic acids is 2. The second-order valence-corrected chi connectivity index (χ2v) is 7.38. The van der Waals surface area contributed by atoms with Crippen molar-refractivity contribution >= 4 is 29.3 Å². The van der Waals surface area contributed by atoms with E-state index in [1.807, 2.05) is 31.2 Å². The van der Waals surface area contributed by atoms with Crippen LogP contribution in [0.25, 0.3) is 0 Å². The number of hydrogen-bond donors (Lipinski definition) is 2. The van der Waals surface area contributed by atoms with Crippen LogP contribution < -0.4 is 10.6 Å². The van der Waals surface area contributed by atoms with Gasteiger partial charge in [-0.25, -0.2) is 4.39 Å². The number of thioether (sulfide) groups is 1. The second kappa shape index (κ2) is 13.7. The number of amides is 2. The standard InChI is InChI=1S/C22H27FN2O4S/c1-2-28-10-11-29-14-18-5-3-4-17(12-18)13-24-21(26)15-30-16-22(27)25-20-8-6-19(23)7-9-20/h3-9,12H,2,10-11,13-16H2,1H3,(H,24,26)(H,25,27). The largest absolute Gasteiger partial charge is 0.379 e. The maximum Gasteiger partial charge on any atom is 0.234 e. The molecule has 30 heavy (non-hydrogen) atoms. The first-order valence-corrected chi connectivity index (χ1v) is 10.9. The first-order chi connectivity index (χ1) is 14.6. The molecule has 0 aliphatic carbocycles. The van der Waals surface area contributed by atoms with Crippen LogP contribution in [0.15, 0.2) is 48.5 Å². The van der Waals surface area contributed by atoms with Gasteiger partial charge in [0.25, 0.3) is 0 Å². The molecule has 0 saturated heterocycles. The third-order valence-corrected chi connectivity index (χ3v) is 4.85. The molecule has 2 rings (SSSR count). The smallest absolute Gasteiger partial charge is 0.234 e. The number of hydrogen-bond acceptors (Lipinski definition) is 5. The van der Waals surface area contributed by atoms with Crippen LogP contribution in [0, 0.1) is 5.82 Å². The Hall–Kier alpha value is -2.42. The Bertz CT molecular complexity index is 802. The van der Waals surface area contributed by atoms with Crippen molar-refractivity contribution in [2.24, 2.45) is 0 Å². The first-order valence-electron chi connectivity index (χ1n) is 9.70. The molecule has 0 bridgehead atoms. The van der Waals surface area contributed by atoms with Gasteiger partial charge in [0.15, 0.2) is 0 Å². The summed E-state index contributed by atoms with van der Waals surface area (Å²) in [6.07, 6.45) is 0. The fraction of sp³-hybridized carbons (Fsp3) is 0.364. The Morgan fingerprint density at radius 3 is 2.43 bits per heavy atom. The van der Waals surface area contributed by atoms with E-state index in [2.05, 4.69) is 10.6 Å². The highest BCUT2D eigenvalue weighted by Crippen LogP contribution is 2.10. The number of halogens is 1. The Morgan fingerprint density at radius 1 is 0.967 bits per heavy atom. The zero-order chi connectivity index (χ0) is 21.6. The molecular formula is C22H27FN2O4S. The van der Waals surface area contributed by atoms with Gasteiger partial charge < -0.3 is 20.1 Å². The molecule has 8 heteroatoms. The Kier molecular flexibility index (Phi) is 10.9. The number of ether oxygens (including phenoxy) is 2. The minimum absolute atomic E-state index is 0.138. The number of nitrogens with one attached hydrogen (secondary N) is 2. The van der Waals surface area contributed by atoms with Crippen molar-refractivity contribution in [3.05, 3.63) is 65.5 Å². The van der Waals surface area contributed by atoms with E-state index in [-0.39, 0.29) is 29.1 Å². The normalized spacial score (nSPS) is 10.6. The molecule has 0 atom stereocenters. The molecule has 0 aliphatic heterocycles. The molecule has 2 amide bonds. The van der Waals surface area contributed by atoms with Crippen LogP contribution in [0.4, 0.5) is 10.1 Å². The van der Waals surface area contributed by atoms with Crippen molar-refractivity contribution in [3.63, 3.8) is 0 Å². The molecule has 0 heterocycles. The lowest BCUT2D eigenvalue weighted by Gasteiger charge is -2.09. The highest BCUT2D eigenvalue weighted by atomic mass is 32.2. The van der Waals surface area contributed by atoms with E-state index in [1.165, 1.54) is 36.0 Å². The third kappa shape index (κ3) is 9.87. The van der Waals surface area contributed by atoms with Crippen molar-refractivity contribution in [2.75, 3.05) is 36.6 Å². The van der Waals surface area contributed by atoms with Crippen molar-refractivity contribution in [2.45, 2.75) is 20.1 Å². The van der Waals surface area contributed by atoms with Crippen LogP contribution in [-0.4, -0.2) is 43.1 Å². The molecule has 0 radical (unpaired) electrons. The molecule has 0 saturated carbocycles. The molecule has 6 nitrogen and oxygen atoms in total. The summed E-state index contributed by atoms with van der Waals surface area (Å²) in [5, 5.41) is 5.50. The number of anilines is 1. The van der Waals surface area contributed by atoms with Crippen LogP contribution >= 0.6 is 11.8 Å². The topological polar surface area (TPSA) is 76.7 Å². The van der Waals surface area contributed by atoms with Crippen LogP contribution in [-0.2, 0) is 32.2 Å². The Morgan fingerprint density at radius 2 is 1.67 bits per heavy atom. The average molecular weight is 435 g/mol. The van der Waals surface area contributed by atoms with Crippen LogP contribution in [0.5, 0.6) is 0 Å². The monoisotopic (exact) mass is 434 g/mol. The van der Waals surface area contributed by atoms with E-state index >= 15 is 0 Å². The minimum atomic E-state index is -0.362. The quantitative estimate of drug-likeness (QED) is 0.473. The first kappa shape index (κ1) is 23.9. The lowest BCUT2D eigenvalue weighted by Crippen LogP contribution is -2.25. The summed E-state index contributed by atoms with van der Waals surface area (Å²) in [6, 6.07) is 13.4. The minimum Gasteiger partial charge on any atom is -0.379 e. The van der Waals surface area contributed by atoms with Crippen molar-refractivity contribution in [1.82, 2.24) is 5.32 Å². The summed E-state index contributed by atoms with van der Waals surface area (Å²) in [5.41, 5.74) is 2.53.